The van der Waals surface area contributed by atoms with Crippen molar-refractivity contribution in [1.29, 1.82) is 0 Å². The average Bonchev–Trinajstić information content (AvgIpc) is 2.44. The second-order valence-electron chi connectivity index (χ2n) is 5.31. The number of nitrogens with one attached hydrogen (secondary N) is 2. The molecule has 1 amide bonds. The van der Waals surface area contributed by atoms with Crippen LogP contribution in [0.1, 0.15) is 35.2 Å². The van der Waals surface area contributed by atoms with Gasteiger partial charge in [0.1, 0.15) is 17.2 Å². The second kappa shape index (κ2) is 6.79. The number of piperidine rings is 1. The van der Waals surface area contributed by atoms with E-state index in [1.54, 1.807) is 0 Å². The van der Waals surface area contributed by atoms with Gasteiger partial charge in [0.05, 0.1) is 0 Å². The highest BCUT2D eigenvalue weighted by molar-refractivity contribution is 5.94. The highest BCUT2D eigenvalue weighted by Gasteiger charge is 2.19. The van der Waals surface area contributed by atoms with Crippen LogP contribution in [0.4, 0.5) is 8.78 Å². The molecule has 1 atom stereocenters. The first-order valence-electron chi connectivity index (χ1n) is 7.03. The van der Waals surface area contributed by atoms with Gasteiger partial charge in [-0.05, 0) is 56.8 Å². The van der Waals surface area contributed by atoms with Gasteiger partial charge in [-0.3, -0.25) is 4.79 Å². The van der Waals surface area contributed by atoms with Gasteiger partial charge < -0.3 is 10.6 Å². The number of aryl methyl sites for hydroxylation is 1. The van der Waals surface area contributed by atoms with Crippen LogP contribution >= 0.6 is 0 Å². The number of halogens is 2. The molecule has 1 aromatic carbocycles. The van der Waals surface area contributed by atoms with Gasteiger partial charge in [-0.15, -0.1) is 0 Å². The van der Waals surface area contributed by atoms with E-state index in [1.807, 2.05) is 0 Å². The number of hydrogen-bond acceptors (Lipinski definition) is 2. The molecule has 0 aromatic heterocycles. The number of carbonyl (C=O) groups excluding carboxylic acids is 1. The summed E-state index contributed by atoms with van der Waals surface area (Å²) in [6.07, 6.45) is 3.10. The molecule has 1 unspecified atom stereocenters. The van der Waals surface area contributed by atoms with E-state index in [2.05, 4.69) is 10.6 Å². The molecule has 1 aromatic rings. The maximum atomic E-state index is 13.8. The van der Waals surface area contributed by atoms with Crippen molar-refractivity contribution in [1.82, 2.24) is 10.6 Å². The SMILES string of the molecule is Cc1ccc(F)c(C(=O)NCCC2CCCNC2)c1F. The summed E-state index contributed by atoms with van der Waals surface area (Å²) in [4.78, 5) is 11.9. The maximum absolute atomic E-state index is 13.8. The summed E-state index contributed by atoms with van der Waals surface area (Å²) in [7, 11) is 0. The van der Waals surface area contributed by atoms with Gasteiger partial charge in [-0.2, -0.15) is 0 Å². The Morgan fingerprint density at radius 2 is 2.25 bits per heavy atom. The lowest BCUT2D eigenvalue weighted by Gasteiger charge is -2.22. The molecule has 0 spiro atoms. The topological polar surface area (TPSA) is 41.1 Å². The lowest BCUT2D eigenvalue weighted by molar-refractivity contribution is 0.0942. The van der Waals surface area contributed by atoms with Crippen molar-refractivity contribution in [3.8, 4) is 0 Å². The summed E-state index contributed by atoms with van der Waals surface area (Å²) in [5.41, 5.74) is -0.209. The third kappa shape index (κ3) is 3.54. The zero-order valence-electron chi connectivity index (χ0n) is 11.6. The van der Waals surface area contributed by atoms with E-state index < -0.39 is 23.1 Å². The number of benzene rings is 1. The number of rotatable bonds is 4. The minimum Gasteiger partial charge on any atom is -0.352 e. The number of amides is 1. The van der Waals surface area contributed by atoms with Crippen molar-refractivity contribution in [2.75, 3.05) is 19.6 Å². The lowest BCUT2D eigenvalue weighted by atomic mass is 9.96. The van der Waals surface area contributed by atoms with Crippen LogP contribution in [0, 0.1) is 24.5 Å². The van der Waals surface area contributed by atoms with E-state index in [-0.39, 0.29) is 5.56 Å². The monoisotopic (exact) mass is 282 g/mol. The van der Waals surface area contributed by atoms with Crippen molar-refractivity contribution >= 4 is 5.91 Å². The summed E-state index contributed by atoms with van der Waals surface area (Å²) in [5, 5.41) is 5.91. The Morgan fingerprint density at radius 1 is 1.45 bits per heavy atom. The molecule has 2 rings (SSSR count). The van der Waals surface area contributed by atoms with Gasteiger partial charge >= 0.3 is 0 Å². The normalized spacial score (nSPS) is 18.9. The van der Waals surface area contributed by atoms with Gasteiger partial charge in [-0.25, -0.2) is 8.78 Å². The third-order valence-electron chi connectivity index (χ3n) is 3.75. The molecule has 5 heteroatoms. The summed E-state index contributed by atoms with van der Waals surface area (Å²) in [5.74, 6) is -1.74. The Morgan fingerprint density at radius 3 is 2.95 bits per heavy atom. The first-order chi connectivity index (χ1) is 9.59. The standard InChI is InChI=1S/C15H20F2N2O/c1-10-4-5-12(16)13(14(10)17)15(20)19-8-6-11-3-2-7-18-9-11/h4-5,11,18H,2-3,6-9H2,1H3,(H,19,20). The Labute approximate surface area is 117 Å². The number of carbonyl (C=O) groups is 1. The quantitative estimate of drug-likeness (QED) is 0.890. The van der Waals surface area contributed by atoms with Crippen LogP contribution in [0.25, 0.3) is 0 Å². The molecule has 110 valence electrons. The van der Waals surface area contributed by atoms with Gasteiger partial charge in [0.25, 0.3) is 5.91 Å². The molecule has 20 heavy (non-hydrogen) atoms. The van der Waals surface area contributed by atoms with Crippen LogP contribution in [0.5, 0.6) is 0 Å². The Bertz CT molecular complexity index is 485. The lowest BCUT2D eigenvalue weighted by Crippen LogP contribution is -2.33. The van der Waals surface area contributed by atoms with Crippen molar-refractivity contribution < 1.29 is 13.6 Å². The maximum Gasteiger partial charge on any atom is 0.257 e. The molecule has 0 bridgehead atoms. The molecule has 1 heterocycles. The molecule has 1 fully saturated rings. The highest BCUT2D eigenvalue weighted by atomic mass is 19.1. The van der Waals surface area contributed by atoms with Crippen molar-refractivity contribution in [3.63, 3.8) is 0 Å². The van der Waals surface area contributed by atoms with Crippen LogP contribution in [-0.2, 0) is 0 Å². The largest absolute Gasteiger partial charge is 0.352 e. The smallest absolute Gasteiger partial charge is 0.257 e. The molecule has 2 N–H and O–H groups in total. The first-order valence-corrected chi connectivity index (χ1v) is 7.03. The van der Waals surface area contributed by atoms with Crippen molar-refractivity contribution in [3.05, 3.63) is 34.9 Å². The molecular formula is C15H20F2N2O. The summed E-state index contributed by atoms with van der Waals surface area (Å²) in [6.45, 7) is 3.95. The summed E-state index contributed by atoms with van der Waals surface area (Å²) < 4.78 is 27.3. The fourth-order valence-electron chi connectivity index (χ4n) is 2.51. The fourth-order valence-corrected chi connectivity index (χ4v) is 2.51. The van der Waals surface area contributed by atoms with E-state index >= 15 is 0 Å². The molecule has 1 aliphatic heterocycles. The minimum atomic E-state index is -0.815. The first kappa shape index (κ1) is 14.9. The molecule has 1 saturated heterocycles. The molecule has 0 radical (unpaired) electrons. The predicted octanol–water partition coefficient (Wildman–Crippen LogP) is 2.39. The summed E-state index contributed by atoms with van der Waals surface area (Å²) >= 11 is 0. The zero-order valence-corrected chi connectivity index (χ0v) is 11.6. The second-order valence-corrected chi connectivity index (χ2v) is 5.31. The molecule has 0 aliphatic carbocycles. The molecule has 3 nitrogen and oxygen atoms in total. The van der Waals surface area contributed by atoms with E-state index in [0.29, 0.717) is 12.5 Å². The fraction of sp³-hybridized carbons (Fsp3) is 0.533. The Balaban J connectivity index is 1.90. The van der Waals surface area contributed by atoms with Gasteiger partial charge in [0.2, 0.25) is 0 Å². The van der Waals surface area contributed by atoms with E-state index in [4.69, 9.17) is 0 Å². The highest BCUT2D eigenvalue weighted by Crippen LogP contribution is 2.17. The van der Waals surface area contributed by atoms with Crippen molar-refractivity contribution in [2.24, 2.45) is 5.92 Å². The van der Waals surface area contributed by atoms with E-state index in [1.165, 1.54) is 13.0 Å². The van der Waals surface area contributed by atoms with Crippen LogP contribution < -0.4 is 10.6 Å². The van der Waals surface area contributed by atoms with Crippen molar-refractivity contribution in [2.45, 2.75) is 26.2 Å². The molecular weight excluding hydrogens is 262 g/mol. The van der Waals surface area contributed by atoms with Gasteiger partial charge in [0, 0.05) is 6.54 Å². The van der Waals surface area contributed by atoms with Gasteiger partial charge in [-0.1, -0.05) is 6.07 Å². The molecule has 1 aliphatic rings. The van der Waals surface area contributed by atoms with Crippen LogP contribution in [0.15, 0.2) is 12.1 Å². The van der Waals surface area contributed by atoms with E-state index in [9.17, 15) is 13.6 Å². The third-order valence-corrected chi connectivity index (χ3v) is 3.75. The van der Waals surface area contributed by atoms with Crippen LogP contribution in [0.2, 0.25) is 0 Å². The summed E-state index contributed by atoms with van der Waals surface area (Å²) in [6, 6.07) is 2.45. The molecule has 0 saturated carbocycles. The Kier molecular flexibility index (Phi) is 5.06. The average molecular weight is 282 g/mol. The Hall–Kier alpha value is -1.49. The number of hydrogen-bond donors (Lipinski definition) is 2. The predicted molar refractivity (Wildman–Crippen MR) is 73.6 cm³/mol. The van der Waals surface area contributed by atoms with Gasteiger partial charge in [0.15, 0.2) is 0 Å². The van der Waals surface area contributed by atoms with E-state index in [0.717, 1.165) is 38.4 Å². The minimum absolute atomic E-state index is 0.271. The zero-order chi connectivity index (χ0) is 14.5. The van der Waals surface area contributed by atoms with Crippen LogP contribution in [0.3, 0.4) is 0 Å². The van der Waals surface area contributed by atoms with Crippen LogP contribution in [-0.4, -0.2) is 25.5 Å².